The molecule has 0 aliphatic heterocycles. The number of aliphatic hydroxyl groups excluding tert-OH is 1. The monoisotopic (exact) mass is 304 g/mol. The van der Waals surface area contributed by atoms with Crippen LogP contribution in [0.25, 0.3) is 0 Å². The number of nitrogens with one attached hydrogen (secondary N) is 1. The van der Waals surface area contributed by atoms with Crippen molar-refractivity contribution < 1.29 is 5.11 Å². The Morgan fingerprint density at radius 3 is 2.62 bits per heavy atom. The molecular formula is C16H20N2O2S. The van der Waals surface area contributed by atoms with Crippen LogP contribution < -0.4 is 5.56 Å². The molecule has 0 radical (unpaired) electrons. The number of H-pyrrole nitrogens is 1. The largest absolute Gasteiger partial charge is 0.388 e. The Hall–Kier alpha value is -1.59. The molecule has 2 N–H and O–H groups in total. The number of aromatic amines is 1. The summed E-state index contributed by atoms with van der Waals surface area (Å²) in [5.41, 5.74) is 1.61. The van der Waals surface area contributed by atoms with Crippen molar-refractivity contribution in [3.05, 3.63) is 51.9 Å². The number of aryl methyl sites for hydroxylation is 1. The summed E-state index contributed by atoms with van der Waals surface area (Å²) in [6.07, 6.45) is 2.04. The lowest BCUT2D eigenvalue weighted by Crippen LogP contribution is -2.09. The highest BCUT2D eigenvalue weighted by atomic mass is 32.2. The fourth-order valence-corrected chi connectivity index (χ4v) is 2.83. The molecule has 0 amide bonds. The van der Waals surface area contributed by atoms with Crippen molar-refractivity contribution in [3.63, 3.8) is 0 Å². The van der Waals surface area contributed by atoms with Gasteiger partial charge in [-0.25, -0.2) is 4.98 Å². The zero-order chi connectivity index (χ0) is 15.2. The van der Waals surface area contributed by atoms with Gasteiger partial charge in [0.05, 0.1) is 6.10 Å². The second-order valence-corrected chi connectivity index (χ2v) is 5.95. The summed E-state index contributed by atoms with van der Waals surface area (Å²) in [4.78, 5) is 19.8. The number of rotatable bonds is 6. The highest BCUT2D eigenvalue weighted by Gasteiger charge is 2.06. The normalized spacial score (nSPS) is 12.3. The number of hydrogen-bond acceptors (Lipinski definition) is 4. The van der Waals surface area contributed by atoms with Gasteiger partial charge in [0.2, 0.25) is 0 Å². The third kappa shape index (κ3) is 4.44. The van der Waals surface area contributed by atoms with Crippen LogP contribution in [0.2, 0.25) is 0 Å². The van der Waals surface area contributed by atoms with Crippen LogP contribution in [0.15, 0.2) is 45.2 Å². The van der Waals surface area contributed by atoms with E-state index in [1.807, 2.05) is 31.2 Å². The van der Waals surface area contributed by atoms with E-state index < -0.39 is 6.10 Å². The maximum atomic E-state index is 11.6. The van der Waals surface area contributed by atoms with Gasteiger partial charge in [-0.3, -0.25) is 4.79 Å². The van der Waals surface area contributed by atoms with E-state index in [-0.39, 0.29) is 5.56 Å². The first-order valence-corrected chi connectivity index (χ1v) is 8.00. The first-order chi connectivity index (χ1) is 10.1. The van der Waals surface area contributed by atoms with E-state index in [9.17, 15) is 9.90 Å². The standard InChI is InChI=1S/C16H20N2O2S/c1-3-5-12-10-15(20)18-16(17-12)21-13-8-6-11(7-9-13)14(19)4-2/h6-10,14,19H,3-5H2,1-2H3,(H,17,18,20)/t14-/m1/s1. The van der Waals surface area contributed by atoms with Crippen molar-refractivity contribution in [3.8, 4) is 0 Å². The minimum Gasteiger partial charge on any atom is -0.388 e. The summed E-state index contributed by atoms with van der Waals surface area (Å²) in [6, 6.07) is 9.24. The second-order valence-electron chi connectivity index (χ2n) is 4.89. The van der Waals surface area contributed by atoms with Crippen LogP contribution in [0.5, 0.6) is 0 Å². The molecule has 21 heavy (non-hydrogen) atoms. The minimum absolute atomic E-state index is 0.117. The van der Waals surface area contributed by atoms with E-state index >= 15 is 0 Å². The summed E-state index contributed by atoms with van der Waals surface area (Å²) in [5, 5.41) is 10.4. The van der Waals surface area contributed by atoms with Gasteiger partial charge in [-0.1, -0.05) is 44.2 Å². The lowest BCUT2D eigenvalue weighted by molar-refractivity contribution is 0.173. The third-order valence-electron chi connectivity index (χ3n) is 3.15. The molecule has 2 rings (SSSR count). The van der Waals surface area contributed by atoms with E-state index in [0.29, 0.717) is 11.6 Å². The van der Waals surface area contributed by atoms with Crippen molar-refractivity contribution >= 4 is 11.8 Å². The van der Waals surface area contributed by atoms with Crippen LogP contribution >= 0.6 is 11.8 Å². The van der Waals surface area contributed by atoms with Crippen molar-refractivity contribution in [2.45, 2.75) is 49.3 Å². The van der Waals surface area contributed by atoms with Crippen LogP contribution in [-0.4, -0.2) is 15.1 Å². The fourth-order valence-electron chi connectivity index (χ4n) is 2.02. The van der Waals surface area contributed by atoms with Crippen LogP contribution in [-0.2, 0) is 6.42 Å². The number of nitrogens with zero attached hydrogens (tertiary/aromatic N) is 1. The highest BCUT2D eigenvalue weighted by molar-refractivity contribution is 7.99. The SMILES string of the molecule is CCCc1cc(=O)[nH]c(Sc2ccc([C@H](O)CC)cc2)n1. The predicted molar refractivity (Wildman–Crippen MR) is 84.7 cm³/mol. The maximum absolute atomic E-state index is 11.6. The summed E-state index contributed by atoms with van der Waals surface area (Å²) >= 11 is 1.42. The van der Waals surface area contributed by atoms with Crippen LogP contribution in [0.1, 0.15) is 44.1 Å². The molecule has 1 aromatic heterocycles. The van der Waals surface area contributed by atoms with Crippen molar-refractivity contribution in [1.82, 2.24) is 9.97 Å². The van der Waals surface area contributed by atoms with Gasteiger partial charge in [-0.2, -0.15) is 0 Å². The van der Waals surface area contributed by atoms with Crippen LogP contribution in [0.4, 0.5) is 0 Å². The smallest absolute Gasteiger partial charge is 0.251 e. The van der Waals surface area contributed by atoms with E-state index in [1.165, 1.54) is 11.8 Å². The van der Waals surface area contributed by atoms with Gasteiger partial charge >= 0.3 is 0 Å². The molecule has 5 heteroatoms. The van der Waals surface area contributed by atoms with E-state index in [1.54, 1.807) is 6.07 Å². The first kappa shape index (κ1) is 15.8. The maximum Gasteiger partial charge on any atom is 0.251 e. The van der Waals surface area contributed by atoms with Gasteiger partial charge in [0.25, 0.3) is 5.56 Å². The molecule has 0 bridgehead atoms. The molecule has 0 aliphatic rings. The van der Waals surface area contributed by atoms with Gasteiger partial charge in [0.1, 0.15) is 0 Å². The summed E-state index contributed by atoms with van der Waals surface area (Å²) in [6.45, 7) is 4.01. The molecule has 0 spiro atoms. The van der Waals surface area contributed by atoms with Gasteiger partial charge < -0.3 is 10.1 Å². The van der Waals surface area contributed by atoms with E-state index in [4.69, 9.17) is 0 Å². The molecule has 1 heterocycles. The molecule has 0 unspecified atom stereocenters. The number of hydrogen-bond donors (Lipinski definition) is 2. The first-order valence-electron chi connectivity index (χ1n) is 7.18. The molecule has 0 aliphatic carbocycles. The van der Waals surface area contributed by atoms with Crippen molar-refractivity contribution in [1.29, 1.82) is 0 Å². The fraction of sp³-hybridized carbons (Fsp3) is 0.375. The van der Waals surface area contributed by atoms with E-state index in [0.717, 1.165) is 29.0 Å². The molecule has 0 fully saturated rings. The topological polar surface area (TPSA) is 66.0 Å². The Labute approximate surface area is 128 Å². The second kappa shape index (κ2) is 7.43. The zero-order valence-corrected chi connectivity index (χ0v) is 13.1. The van der Waals surface area contributed by atoms with Gasteiger partial charge in [0.15, 0.2) is 5.16 Å². The lowest BCUT2D eigenvalue weighted by atomic mass is 10.1. The number of aromatic nitrogens is 2. The zero-order valence-electron chi connectivity index (χ0n) is 12.3. The summed E-state index contributed by atoms with van der Waals surface area (Å²) in [7, 11) is 0. The Morgan fingerprint density at radius 2 is 2.00 bits per heavy atom. The molecule has 1 aromatic carbocycles. The van der Waals surface area contributed by atoms with Crippen LogP contribution in [0, 0.1) is 0 Å². The quantitative estimate of drug-likeness (QED) is 0.804. The minimum atomic E-state index is -0.421. The van der Waals surface area contributed by atoms with Crippen LogP contribution in [0.3, 0.4) is 0 Å². The Bertz CT molecular complexity index is 637. The van der Waals surface area contributed by atoms with Gasteiger partial charge in [-0.15, -0.1) is 0 Å². The predicted octanol–water partition coefficient (Wildman–Crippen LogP) is 3.32. The summed E-state index contributed by atoms with van der Waals surface area (Å²) in [5.74, 6) is 0. The van der Waals surface area contributed by atoms with Gasteiger partial charge in [0, 0.05) is 16.7 Å². The molecule has 1 atom stereocenters. The Balaban J connectivity index is 2.16. The van der Waals surface area contributed by atoms with E-state index in [2.05, 4.69) is 16.9 Å². The number of aliphatic hydroxyl groups is 1. The lowest BCUT2D eigenvalue weighted by Gasteiger charge is -2.08. The average Bonchev–Trinajstić information content (AvgIpc) is 2.47. The van der Waals surface area contributed by atoms with Crippen molar-refractivity contribution in [2.75, 3.05) is 0 Å². The highest BCUT2D eigenvalue weighted by Crippen LogP contribution is 2.26. The van der Waals surface area contributed by atoms with Gasteiger partial charge in [-0.05, 0) is 30.5 Å². The Morgan fingerprint density at radius 1 is 1.29 bits per heavy atom. The molecule has 112 valence electrons. The molecule has 0 saturated heterocycles. The molecule has 2 aromatic rings. The molecular weight excluding hydrogens is 284 g/mol. The molecule has 4 nitrogen and oxygen atoms in total. The summed E-state index contributed by atoms with van der Waals surface area (Å²) < 4.78 is 0. The Kier molecular flexibility index (Phi) is 5.59. The number of benzene rings is 1. The average molecular weight is 304 g/mol. The molecule has 0 saturated carbocycles. The van der Waals surface area contributed by atoms with Crippen molar-refractivity contribution in [2.24, 2.45) is 0 Å². The third-order valence-corrected chi connectivity index (χ3v) is 4.04.